The average molecular weight is 266 g/mol. The van der Waals surface area contributed by atoms with Gasteiger partial charge in [0.1, 0.15) is 0 Å². The van der Waals surface area contributed by atoms with Crippen molar-refractivity contribution in [2.45, 2.75) is 19.0 Å². The highest BCUT2D eigenvalue weighted by Crippen LogP contribution is 1.89. The van der Waals surface area contributed by atoms with Crippen molar-refractivity contribution in [3.8, 4) is 0 Å². The molecule has 0 rings (SSSR count). The third kappa shape index (κ3) is 7.70. The Kier molecular flexibility index (Phi) is 7.47. The van der Waals surface area contributed by atoms with Gasteiger partial charge in [0, 0.05) is 36.0 Å². The number of hydrogen-bond donors (Lipinski definition) is 3. The molecule has 0 radical (unpaired) electrons. The number of ether oxygens (including phenoxy) is 1. The van der Waals surface area contributed by atoms with E-state index in [0.717, 1.165) is 0 Å². The van der Waals surface area contributed by atoms with E-state index in [4.69, 9.17) is 5.11 Å². The summed E-state index contributed by atoms with van der Waals surface area (Å²) in [7, 11) is 0.325. The Bertz CT molecular complexity index is 297. The summed E-state index contributed by atoms with van der Waals surface area (Å²) in [6.45, 7) is 1.57. The Balaban J connectivity index is 4.14. The van der Waals surface area contributed by atoms with Crippen molar-refractivity contribution in [3.05, 3.63) is 0 Å². The normalized spacial score (nSPS) is 15.7. The molecular formula is C9H18N2O5S. The zero-order valence-corrected chi connectivity index (χ0v) is 10.9. The molecule has 17 heavy (non-hydrogen) atoms. The predicted octanol–water partition coefficient (Wildman–Crippen LogP) is -0.848. The van der Waals surface area contributed by atoms with E-state index in [-0.39, 0.29) is 12.6 Å². The summed E-state index contributed by atoms with van der Waals surface area (Å²) in [5, 5.41) is 13.5. The standard InChI is InChI=1S/C9H18N2O5S/c1-6(5-17(3)15)10-9(14)11-7(4-16-2)8(12)13/h6-7H,4-5H2,1-3H3,(H,12,13)(H2,10,11,14). The fourth-order valence-electron chi connectivity index (χ4n) is 1.16. The van der Waals surface area contributed by atoms with Gasteiger partial charge in [0.05, 0.1) is 6.61 Å². The Labute approximate surface area is 102 Å². The SMILES string of the molecule is COCC(NC(=O)NC(C)CS(C)=O)C(=O)O. The predicted molar refractivity (Wildman–Crippen MR) is 63.4 cm³/mol. The number of methoxy groups -OCH3 is 1. The maximum absolute atomic E-state index is 11.4. The molecule has 100 valence electrons. The first-order chi connectivity index (χ1) is 7.86. The fraction of sp³-hybridized carbons (Fsp3) is 0.778. The van der Waals surface area contributed by atoms with E-state index in [0.29, 0.717) is 5.75 Å². The van der Waals surface area contributed by atoms with E-state index in [1.807, 2.05) is 0 Å². The molecule has 7 nitrogen and oxygen atoms in total. The lowest BCUT2D eigenvalue weighted by Crippen LogP contribution is -2.51. The molecule has 2 amide bonds. The van der Waals surface area contributed by atoms with E-state index < -0.39 is 28.8 Å². The molecule has 0 aliphatic carbocycles. The van der Waals surface area contributed by atoms with E-state index >= 15 is 0 Å². The van der Waals surface area contributed by atoms with Crippen molar-refractivity contribution in [2.24, 2.45) is 0 Å². The van der Waals surface area contributed by atoms with Crippen molar-refractivity contribution in [2.75, 3.05) is 25.7 Å². The number of carboxylic acid groups (broad SMARTS) is 1. The molecule has 3 N–H and O–H groups in total. The summed E-state index contributed by atoms with van der Waals surface area (Å²) in [4.78, 5) is 22.1. The molecular weight excluding hydrogens is 248 g/mol. The second kappa shape index (κ2) is 8.02. The first-order valence-electron chi connectivity index (χ1n) is 4.95. The molecule has 0 aliphatic rings. The van der Waals surface area contributed by atoms with Crippen LogP contribution < -0.4 is 10.6 Å². The van der Waals surface area contributed by atoms with Gasteiger partial charge in [-0.3, -0.25) is 4.21 Å². The lowest BCUT2D eigenvalue weighted by Gasteiger charge is -2.17. The lowest BCUT2D eigenvalue weighted by molar-refractivity contribution is -0.140. The zero-order chi connectivity index (χ0) is 13.4. The number of nitrogens with one attached hydrogen (secondary N) is 2. The molecule has 0 bridgehead atoms. The van der Waals surface area contributed by atoms with Crippen LogP contribution in [0.1, 0.15) is 6.92 Å². The van der Waals surface area contributed by atoms with Crippen molar-refractivity contribution in [3.63, 3.8) is 0 Å². The van der Waals surface area contributed by atoms with E-state index in [1.54, 1.807) is 6.92 Å². The molecule has 0 aromatic heterocycles. The highest BCUT2D eigenvalue weighted by atomic mass is 32.2. The van der Waals surface area contributed by atoms with Crippen LogP contribution in [0.3, 0.4) is 0 Å². The number of carbonyl (C=O) groups excluding carboxylic acids is 1. The van der Waals surface area contributed by atoms with Crippen molar-refractivity contribution < 1.29 is 23.6 Å². The number of urea groups is 1. The molecule has 8 heteroatoms. The van der Waals surface area contributed by atoms with Gasteiger partial charge in [0.25, 0.3) is 0 Å². The molecule has 3 atom stereocenters. The van der Waals surface area contributed by atoms with Gasteiger partial charge in [-0.15, -0.1) is 0 Å². The summed E-state index contributed by atoms with van der Waals surface area (Å²) in [6, 6.07) is -2.01. The Morgan fingerprint density at radius 3 is 2.41 bits per heavy atom. The van der Waals surface area contributed by atoms with E-state index in [1.165, 1.54) is 13.4 Å². The van der Waals surface area contributed by atoms with Crippen LogP contribution in [0.5, 0.6) is 0 Å². The van der Waals surface area contributed by atoms with Crippen LogP contribution in [-0.4, -0.2) is 59.1 Å². The topological polar surface area (TPSA) is 105 Å². The van der Waals surface area contributed by atoms with Gasteiger partial charge in [0.2, 0.25) is 0 Å². The van der Waals surface area contributed by atoms with Gasteiger partial charge in [-0.1, -0.05) is 0 Å². The minimum Gasteiger partial charge on any atom is -0.480 e. The monoisotopic (exact) mass is 266 g/mol. The van der Waals surface area contributed by atoms with Crippen LogP contribution in [-0.2, 0) is 20.3 Å². The van der Waals surface area contributed by atoms with Crippen LogP contribution >= 0.6 is 0 Å². The smallest absolute Gasteiger partial charge is 0.328 e. The lowest BCUT2D eigenvalue weighted by atomic mass is 10.3. The van der Waals surface area contributed by atoms with Crippen LogP contribution in [0, 0.1) is 0 Å². The second-order valence-electron chi connectivity index (χ2n) is 3.60. The minimum absolute atomic E-state index is 0.114. The third-order valence-corrected chi connectivity index (χ3v) is 2.77. The first-order valence-corrected chi connectivity index (χ1v) is 6.68. The van der Waals surface area contributed by atoms with E-state index in [9.17, 15) is 13.8 Å². The molecule has 3 unspecified atom stereocenters. The van der Waals surface area contributed by atoms with Crippen molar-refractivity contribution >= 4 is 22.8 Å². The van der Waals surface area contributed by atoms with Gasteiger partial charge in [-0.25, -0.2) is 9.59 Å². The van der Waals surface area contributed by atoms with Gasteiger partial charge in [0.15, 0.2) is 6.04 Å². The largest absolute Gasteiger partial charge is 0.480 e. The summed E-state index contributed by atoms with van der Waals surface area (Å²) < 4.78 is 15.6. The molecule has 0 saturated carbocycles. The van der Waals surface area contributed by atoms with Crippen molar-refractivity contribution in [1.29, 1.82) is 0 Å². The quantitative estimate of drug-likeness (QED) is 0.557. The van der Waals surface area contributed by atoms with Crippen LogP contribution in [0.15, 0.2) is 0 Å². The van der Waals surface area contributed by atoms with Gasteiger partial charge >= 0.3 is 12.0 Å². The van der Waals surface area contributed by atoms with Crippen LogP contribution in [0.2, 0.25) is 0 Å². The maximum atomic E-state index is 11.4. The zero-order valence-electron chi connectivity index (χ0n) is 10.1. The highest BCUT2D eigenvalue weighted by molar-refractivity contribution is 7.84. The summed E-state index contributed by atoms with van der Waals surface area (Å²) >= 11 is 0. The summed E-state index contributed by atoms with van der Waals surface area (Å²) in [6.07, 6.45) is 1.53. The van der Waals surface area contributed by atoms with Crippen molar-refractivity contribution in [1.82, 2.24) is 10.6 Å². The third-order valence-electron chi connectivity index (χ3n) is 1.80. The minimum atomic E-state index is -1.17. The molecule has 0 aliphatic heterocycles. The maximum Gasteiger partial charge on any atom is 0.328 e. The van der Waals surface area contributed by atoms with Crippen LogP contribution in [0.25, 0.3) is 0 Å². The van der Waals surface area contributed by atoms with E-state index in [2.05, 4.69) is 15.4 Å². The molecule has 0 heterocycles. The molecule has 0 aromatic rings. The first kappa shape index (κ1) is 15.9. The Morgan fingerprint density at radius 1 is 1.41 bits per heavy atom. The number of carbonyl (C=O) groups is 2. The number of hydrogen-bond acceptors (Lipinski definition) is 4. The number of aliphatic carboxylic acids is 1. The summed E-state index contributed by atoms with van der Waals surface area (Å²) in [5.74, 6) is -0.858. The second-order valence-corrected chi connectivity index (χ2v) is 5.08. The fourth-order valence-corrected chi connectivity index (χ4v) is 1.95. The van der Waals surface area contributed by atoms with Gasteiger partial charge < -0.3 is 20.5 Å². The average Bonchev–Trinajstić information content (AvgIpc) is 2.14. The molecule has 0 aromatic carbocycles. The molecule has 0 saturated heterocycles. The number of carboxylic acids is 1. The highest BCUT2D eigenvalue weighted by Gasteiger charge is 2.20. The van der Waals surface area contributed by atoms with Gasteiger partial charge in [-0.05, 0) is 6.92 Å². The van der Waals surface area contributed by atoms with Crippen LogP contribution in [0.4, 0.5) is 4.79 Å². The Hall–Kier alpha value is -1.15. The summed E-state index contributed by atoms with van der Waals surface area (Å²) in [5.41, 5.74) is 0. The number of amides is 2. The molecule has 0 spiro atoms. The Morgan fingerprint density at radius 2 is 2.00 bits per heavy atom. The number of rotatable bonds is 7. The molecule has 0 fully saturated rings. The van der Waals surface area contributed by atoms with Gasteiger partial charge in [-0.2, -0.15) is 0 Å².